The quantitative estimate of drug-likeness (QED) is 0.842. The second kappa shape index (κ2) is 6.87. The lowest BCUT2D eigenvalue weighted by atomic mass is 9.60. The van der Waals surface area contributed by atoms with Gasteiger partial charge in [0.1, 0.15) is 5.75 Å². The normalized spacial score (nSPS) is 30.8. The summed E-state index contributed by atoms with van der Waals surface area (Å²) in [6.45, 7) is 2.00. The lowest BCUT2D eigenvalue weighted by molar-refractivity contribution is -0.147. The molecule has 6 rings (SSSR count). The van der Waals surface area contributed by atoms with Crippen LogP contribution >= 0.6 is 0 Å². The highest BCUT2D eigenvalue weighted by atomic mass is 16.5. The number of pyridine rings is 1. The van der Waals surface area contributed by atoms with Crippen molar-refractivity contribution < 1.29 is 14.3 Å². The van der Waals surface area contributed by atoms with Crippen molar-refractivity contribution in [3.05, 3.63) is 59.9 Å². The van der Waals surface area contributed by atoms with Crippen LogP contribution in [0.5, 0.6) is 5.75 Å². The van der Waals surface area contributed by atoms with E-state index in [1.165, 1.54) is 0 Å². The highest BCUT2D eigenvalue weighted by Gasteiger charge is 2.57. The largest absolute Gasteiger partial charge is 0.467 e. The molecule has 6 nitrogen and oxygen atoms in total. The number of ether oxygens (including phenoxy) is 1. The predicted octanol–water partition coefficient (Wildman–Crippen LogP) is 3.21. The van der Waals surface area contributed by atoms with Gasteiger partial charge in [0.05, 0.1) is 11.6 Å². The molecule has 6 heteroatoms. The molecule has 0 unspecified atom stereocenters. The van der Waals surface area contributed by atoms with Crippen LogP contribution in [0.25, 0.3) is 0 Å². The van der Waals surface area contributed by atoms with Gasteiger partial charge in [-0.25, -0.2) is 0 Å². The maximum Gasteiger partial charge on any atom is 0.258 e. The van der Waals surface area contributed by atoms with Crippen LogP contribution in [0.3, 0.4) is 0 Å². The molecule has 2 N–H and O–H groups in total. The Bertz CT molecular complexity index is 947. The number of rotatable bonds is 3. The molecular formula is C23H25N3O3. The molecule has 2 aromatic rings. The summed E-state index contributed by atoms with van der Waals surface area (Å²) < 4.78 is 6.37. The first-order valence-electron chi connectivity index (χ1n) is 10.4. The Balaban J connectivity index is 1.32. The molecule has 5 atom stereocenters. The Kier molecular flexibility index (Phi) is 4.30. The van der Waals surface area contributed by atoms with E-state index in [0.29, 0.717) is 17.7 Å². The molecule has 0 saturated heterocycles. The van der Waals surface area contributed by atoms with E-state index in [2.05, 4.69) is 15.6 Å². The van der Waals surface area contributed by atoms with Crippen molar-refractivity contribution >= 4 is 11.8 Å². The monoisotopic (exact) mass is 391 g/mol. The minimum absolute atomic E-state index is 0.0404. The number of benzene rings is 1. The molecule has 1 spiro atoms. The van der Waals surface area contributed by atoms with E-state index in [1.807, 2.05) is 37.3 Å². The van der Waals surface area contributed by atoms with Gasteiger partial charge in [-0.3, -0.25) is 14.6 Å². The molecule has 3 saturated carbocycles. The van der Waals surface area contributed by atoms with Crippen molar-refractivity contribution in [2.75, 3.05) is 0 Å². The number of hydrogen-bond donors (Lipinski definition) is 2. The van der Waals surface area contributed by atoms with Crippen molar-refractivity contribution in [3.8, 4) is 5.75 Å². The third kappa shape index (κ3) is 3.07. The van der Waals surface area contributed by atoms with Gasteiger partial charge in [0.25, 0.3) is 5.91 Å². The number of hydrogen-bond acceptors (Lipinski definition) is 4. The first kappa shape index (κ1) is 18.2. The van der Waals surface area contributed by atoms with Crippen LogP contribution in [-0.4, -0.2) is 22.5 Å². The molecule has 4 aliphatic rings. The highest BCUT2D eigenvalue weighted by Crippen LogP contribution is 2.52. The summed E-state index contributed by atoms with van der Waals surface area (Å²) in [5.41, 5.74) is 0.951. The number of aromatic nitrogens is 1. The zero-order chi connectivity index (χ0) is 20.0. The van der Waals surface area contributed by atoms with Gasteiger partial charge in [-0.05, 0) is 61.9 Å². The van der Waals surface area contributed by atoms with E-state index in [-0.39, 0.29) is 35.6 Å². The van der Waals surface area contributed by atoms with Crippen molar-refractivity contribution in [1.29, 1.82) is 0 Å². The number of nitrogens with zero attached hydrogens (tertiary/aromatic N) is 1. The maximum absolute atomic E-state index is 13.1. The second-order valence-electron chi connectivity index (χ2n) is 8.53. The molecule has 2 bridgehead atoms. The lowest BCUT2D eigenvalue weighted by Crippen LogP contribution is -2.66. The van der Waals surface area contributed by atoms with Gasteiger partial charge in [-0.1, -0.05) is 12.1 Å². The number of nitrogens with one attached hydrogen (secondary N) is 2. The van der Waals surface area contributed by atoms with Crippen LogP contribution in [-0.2, 0) is 4.79 Å². The Morgan fingerprint density at radius 1 is 1.24 bits per heavy atom. The summed E-state index contributed by atoms with van der Waals surface area (Å²) in [5, 5.41) is 6.32. The molecule has 150 valence electrons. The Morgan fingerprint density at radius 2 is 2.03 bits per heavy atom. The lowest BCUT2D eigenvalue weighted by Gasteiger charge is -2.55. The Labute approximate surface area is 170 Å². The SMILES string of the molecule is C[C@@H](NC(=O)[C@H]1C[C@@H]2CC[C@@H]1C[C@@]21NC(=O)c2ccccc2O1)c1ccncc1. The van der Waals surface area contributed by atoms with Gasteiger partial charge >= 0.3 is 0 Å². The van der Waals surface area contributed by atoms with Gasteiger partial charge in [0, 0.05) is 30.7 Å². The van der Waals surface area contributed by atoms with E-state index < -0.39 is 5.72 Å². The number of para-hydroxylation sites is 1. The summed E-state index contributed by atoms with van der Waals surface area (Å²) in [6, 6.07) is 11.2. The van der Waals surface area contributed by atoms with Crippen LogP contribution in [0.15, 0.2) is 48.8 Å². The Morgan fingerprint density at radius 3 is 2.79 bits per heavy atom. The first-order valence-corrected chi connectivity index (χ1v) is 10.4. The number of carbonyl (C=O) groups excluding carboxylic acids is 2. The van der Waals surface area contributed by atoms with Crippen molar-refractivity contribution in [2.45, 2.75) is 44.4 Å². The van der Waals surface area contributed by atoms with Crippen LogP contribution < -0.4 is 15.4 Å². The third-order valence-corrected chi connectivity index (χ3v) is 6.87. The van der Waals surface area contributed by atoms with Gasteiger partial charge in [0.15, 0.2) is 5.72 Å². The summed E-state index contributed by atoms with van der Waals surface area (Å²) in [6.07, 6.45) is 6.86. The molecule has 1 aromatic carbocycles. The topological polar surface area (TPSA) is 80.3 Å². The molecule has 2 heterocycles. The van der Waals surface area contributed by atoms with E-state index in [1.54, 1.807) is 18.5 Å². The van der Waals surface area contributed by atoms with Crippen LogP contribution in [0.4, 0.5) is 0 Å². The fourth-order valence-electron chi connectivity index (χ4n) is 5.34. The van der Waals surface area contributed by atoms with Crippen molar-refractivity contribution in [3.63, 3.8) is 0 Å². The number of carbonyl (C=O) groups is 2. The van der Waals surface area contributed by atoms with Gasteiger partial charge in [0.2, 0.25) is 5.91 Å². The van der Waals surface area contributed by atoms with Gasteiger partial charge in [-0.15, -0.1) is 0 Å². The fourth-order valence-corrected chi connectivity index (χ4v) is 5.34. The van der Waals surface area contributed by atoms with Crippen molar-refractivity contribution in [2.24, 2.45) is 17.8 Å². The van der Waals surface area contributed by atoms with E-state index in [4.69, 9.17) is 4.74 Å². The molecule has 2 amide bonds. The Hall–Kier alpha value is -2.89. The zero-order valence-corrected chi connectivity index (χ0v) is 16.4. The molecule has 3 fully saturated rings. The summed E-state index contributed by atoms with van der Waals surface area (Å²) in [5.74, 6) is 0.970. The minimum Gasteiger partial charge on any atom is -0.467 e. The van der Waals surface area contributed by atoms with Gasteiger partial charge < -0.3 is 15.4 Å². The average Bonchev–Trinajstić information content (AvgIpc) is 2.74. The molecular weight excluding hydrogens is 366 g/mol. The molecule has 1 aromatic heterocycles. The standard InChI is InChI=1S/C23H25N3O3/c1-14(15-8-10-24-11-9-15)25-21(27)19-12-17-7-6-16(19)13-23(17)26-22(28)18-4-2-3-5-20(18)29-23/h2-5,8-11,14,16-17,19H,6-7,12-13H2,1H3,(H,25,27)(H,26,28)/t14-,16-,17+,19+,23+/m1/s1. The summed E-state index contributed by atoms with van der Waals surface area (Å²) in [4.78, 5) is 29.8. The van der Waals surface area contributed by atoms with E-state index in [0.717, 1.165) is 24.8 Å². The minimum atomic E-state index is -0.679. The molecule has 3 aliphatic carbocycles. The average molecular weight is 391 g/mol. The van der Waals surface area contributed by atoms with Crippen LogP contribution in [0, 0.1) is 17.8 Å². The number of amides is 2. The summed E-state index contributed by atoms with van der Waals surface area (Å²) >= 11 is 0. The molecule has 1 aliphatic heterocycles. The van der Waals surface area contributed by atoms with Crippen LogP contribution in [0.1, 0.15) is 54.6 Å². The summed E-state index contributed by atoms with van der Waals surface area (Å²) in [7, 11) is 0. The predicted molar refractivity (Wildman–Crippen MR) is 107 cm³/mol. The van der Waals surface area contributed by atoms with Crippen LogP contribution in [0.2, 0.25) is 0 Å². The van der Waals surface area contributed by atoms with E-state index >= 15 is 0 Å². The fraction of sp³-hybridized carbons (Fsp3) is 0.435. The smallest absolute Gasteiger partial charge is 0.258 e. The molecule has 0 radical (unpaired) electrons. The number of fused-ring (bicyclic) bond motifs is 3. The first-order chi connectivity index (χ1) is 14.1. The third-order valence-electron chi connectivity index (χ3n) is 6.87. The van der Waals surface area contributed by atoms with Crippen molar-refractivity contribution in [1.82, 2.24) is 15.6 Å². The maximum atomic E-state index is 13.1. The van der Waals surface area contributed by atoms with Gasteiger partial charge in [-0.2, -0.15) is 0 Å². The second-order valence-corrected chi connectivity index (χ2v) is 8.53. The zero-order valence-electron chi connectivity index (χ0n) is 16.4. The highest BCUT2D eigenvalue weighted by molar-refractivity contribution is 5.98. The van der Waals surface area contributed by atoms with E-state index in [9.17, 15) is 9.59 Å². The molecule has 29 heavy (non-hydrogen) atoms.